The first-order valence-electron chi connectivity index (χ1n) is 7.50. The van der Waals surface area contributed by atoms with Gasteiger partial charge in [-0.15, -0.1) is 0 Å². The number of anilines is 2. The summed E-state index contributed by atoms with van der Waals surface area (Å²) in [5.41, 5.74) is 0.925. The minimum atomic E-state index is 0.0384. The molecule has 4 nitrogen and oxygen atoms in total. The normalized spacial score (nSPS) is 12.9. The summed E-state index contributed by atoms with van der Waals surface area (Å²) in [5.74, 6) is 1.55. The van der Waals surface area contributed by atoms with Gasteiger partial charge in [0, 0.05) is 16.8 Å². The third kappa shape index (κ3) is 3.71. The summed E-state index contributed by atoms with van der Waals surface area (Å²) in [4.78, 5) is 23.2. The molecule has 6 heteroatoms. The maximum Gasteiger partial charge on any atom is 0.291 e. The fourth-order valence-corrected chi connectivity index (χ4v) is 4.17. The molecule has 3 rings (SSSR count). The largest absolute Gasteiger partial charge is 0.309 e. The second kappa shape index (κ2) is 7.38. The highest BCUT2D eigenvalue weighted by Gasteiger charge is 2.29. The van der Waals surface area contributed by atoms with Gasteiger partial charge in [-0.25, -0.2) is 4.98 Å². The van der Waals surface area contributed by atoms with Crippen LogP contribution in [0, 0.1) is 0 Å². The van der Waals surface area contributed by atoms with Gasteiger partial charge in [-0.2, -0.15) is 0 Å². The summed E-state index contributed by atoms with van der Waals surface area (Å²) >= 11 is 3.03. The van der Waals surface area contributed by atoms with Crippen molar-refractivity contribution in [1.29, 1.82) is 0 Å². The predicted octanol–water partition coefficient (Wildman–Crippen LogP) is 4.49. The molecule has 0 fully saturated rings. The van der Waals surface area contributed by atoms with Gasteiger partial charge >= 0.3 is 0 Å². The maximum atomic E-state index is 12.8. The van der Waals surface area contributed by atoms with Crippen LogP contribution in [-0.4, -0.2) is 41.5 Å². The van der Waals surface area contributed by atoms with Crippen LogP contribution in [-0.2, 0) is 0 Å². The molecule has 0 atom stereocenters. The van der Waals surface area contributed by atoms with Crippen LogP contribution in [0.3, 0.4) is 0 Å². The van der Waals surface area contributed by atoms with Crippen LogP contribution in [0.25, 0.3) is 0 Å². The van der Waals surface area contributed by atoms with E-state index in [4.69, 9.17) is 0 Å². The molecular weight excluding hydrogens is 326 g/mol. The highest BCUT2D eigenvalue weighted by molar-refractivity contribution is 8.13. The first-order valence-corrected chi connectivity index (χ1v) is 9.30. The van der Waals surface area contributed by atoms with Gasteiger partial charge in [0.25, 0.3) is 5.24 Å². The number of fused-ring (bicyclic) bond motifs is 2. The Kier molecular flexibility index (Phi) is 5.25. The lowest BCUT2D eigenvalue weighted by Crippen LogP contribution is -2.26. The molecule has 0 N–H and O–H groups in total. The SMILES string of the molecule is CN(C)CCCSC(=O)N1c2ccccc2Sc2cccnc21. The second-order valence-corrected chi connectivity index (χ2v) is 7.63. The Balaban J connectivity index is 1.82. The molecule has 0 radical (unpaired) electrons. The Hall–Kier alpha value is -1.50. The zero-order valence-corrected chi connectivity index (χ0v) is 14.9. The number of pyridine rings is 1. The summed E-state index contributed by atoms with van der Waals surface area (Å²) in [6.45, 7) is 0.988. The monoisotopic (exact) mass is 345 g/mol. The molecule has 0 saturated carbocycles. The van der Waals surface area contributed by atoms with Gasteiger partial charge in [0.1, 0.15) is 0 Å². The van der Waals surface area contributed by atoms with Crippen molar-refractivity contribution in [1.82, 2.24) is 9.88 Å². The number of hydrogen-bond donors (Lipinski definition) is 0. The molecular formula is C17H19N3OS2. The molecule has 1 aromatic heterocycles. The first-order chi connectivity index (χ1) is 11.2. The minimum absolute atomic E-state index is 0.0384. The Morgan fingerprint density at radius 2 is 2.00 bits per heavy atom. The molecule has 2 aromatic rings. The van der Waals surface area contributed by atoms with E-state index in [1.54, 1.807) is 22.9 Å². The fourth-order valence-electron chi connectivity index (χ4n) is 2.38. The number of carbonyl (C=O) groups excluding carboxylic acids is 1. The van der Waals surface area contributed by atoms with E-state index in [0.717, 1.165) is 40.0 Å². The van der Waals surface area contributed by atoms with Crippen LogP contribution in [0.2, 0.25) is 0 Å². The molecule has 0 saturated heterocycles. The Morgan fingerprint density at radius 1 is 1.22 bits per heavy atom. The van der Waals surface area contributed by atoms with Crippen LogP contribution in [0.1, 0.15) is 6.42 Å². The molecule has 1 aromatic carbocycles. The van der Waals surface area contributed by atoms with E-state index in [2.05, 4.69) is 9.88 Å². The predicted molar refractivity (Wildman–Crippen MR) is 98.0 cm³/mol. The van der Waals surface area contributed by atoms with Gasteiger partial charge in [-0.3, -0.25) is 9.69 Å². The lowest BCUT2D eigenvalue weighted by molar-refractivity contribution is 0.266. The van der Waals surface area contributed by atoms with Crippen molar-refractivity contribution in [3.8, 4) is 0 Å². The Labute approximate surface area is 145 Å². The lowest BCUT2D eigenvalue weighted by atomic mass is 10.3. The summed E-state index contributed by atoms with van der Waals surface area (Å²) < 4.78 is 0. The average molecular weight is 345 g/mol. The van der Waals surface area contributed by atoms with E-state index in [1.807, 2.05) is 50.5 Å². The highest BCUT2D eigenvalue weighted by atomic mass is 32.2. The molecule has 0 spiro atoms. The lowest BCUT2D eigenvalue weighted by Gasteiger charge is -2.29. The van der Waals surface area contributed by atoms with Crippen LogP contribution in [0.15, 0.2) is 52.4 Å². The topological polar surface area (TPSA) is 36.4 Å². The van der Waals surface area contributed by atoms with Crippen molar-refractivity contribution in [2.24, 2.45) is 0 Å². The number of benzene rings is 1. The minimum Gasteiger partial charge on any atom is -0.309 e. The molecule has 2 heterocycles. The quantitative estimate of drug-likeness (QED) is 0.763. The molecule has 0 unspecified atom stereocenters. The first kappa shape index (κ1) is 16.4. The number of aromatic nitrogens is 1. The molecule has 1 aliphatic heterocycles. The van der Waals surface area contributed by atoms with E-state index in [0.29, 0.717) is 0 Å². The standard InChI is InChI=1S/C17H19N3OS2/c1-19(2)11-6-12-22-17(21)20-13-7-3-4-8-14(13)23-15-9-5-10-18-16(15)20/h3-5,7-10H,6,11-12H2,1-2H3. The van der Waals surface area contributed by atoms with E-state index < -0.39 is 0 Å². The molecule has 1 aliphatic rings. The fraction of sp³-hybridized carbons (Fsp3) is 0.294. The van der Waals surface area contributed by atoms with Crippen LogP contribution < -0.4 is 4.90 Å². The Bertz CT molecular complexity index is 660. The van der Waals surface area contributed by atoms with Gasteiger partial charge in [0.15, 0.2) is 5.82 Å². The Morgan fingerprint density at radius 3 is 2.83 bits per heavy atom. The zero-order valence-electron chi connectivity index (χ0n) is 13.2. The van der Waals surface area contributed by atoms with Gasteiger partial charge < -0.3 is 4.90 Å². The van der Waals surface area contributed by atoms with Crippen molar-refractivity contribution >= 4 is 40.3 Å². The van der Waals surface area contributed by atoms with Crippen molar-refractivity contribution in [3.63, 3.8) is 0 Å². The zero-order chi connectivity index (χ0) is 16.2. The maximum absolute atomic E-state index is 12.8. The van der Waals surface area contributed by atoms with E-state index in [-0.39, 0.29) is 5.24 Å². The van der Waals surface area contributed by atoms with Gasteiger partial charge in [-0.1, -0.05) is 35.7 Å². The molecule has 120 valence electrons. The molecule has 23 heavy (non-hydrogen) atoms. The van der Waals surface area contributed by atoms with E-state index in [9.17, 15) is 4.79 Å². The highest BCUT2D eigenvalue weighted by Crippen LogP contribution is 2.47. The van der Waals surface area contributed by atoms with Gasteiger partial charge in [0.2, 0.25) is 0 Å². The summed E-state index contributed by atoms with van der Waals surface area (Å²) in [5, 5.41) is 0.0384. The molecule has 0 bridgehead atoms. The van der Waals surface area contributed by atoms with E-state index >= 15 is 0 Å². The van der Waals surface area contributed by atoms with Gasteiger partial charge in [-0.05, 0) is 51.3 Å². The van der Waals surface area contributed by atoms with Crippen molar-refractivity contribution in [3.05, 3.63) is 42.6 Å². The average Bonchev–Trinajstić information content (AvgIpc) is 2.56. The van der Waals surface area contributed by atoms with Crippen LogP contribution >= 0.6 is 23.5 Å². The third-order valence-corrected chi connectivity index (χ3v) is 5.47. The number of nitrogens with zero attached hydrogens (tertiary/aromatic N) is 3. The second-order valence-electron chi connectivity index (χ2n) is 5.50. The molecule has 1 amide bonds. The number of rotatable bonds is 4. The van der Waals surface area contributed by atoms with Crippen molar-refractivity contribution in [2.75, 3.05) is 31.3 Å². The number of para-hydroxylation sites is 1. The van der Waals surface area contributed by atoms with Crippen molar-refractivity contribution < 1.29 is 4.79 Å². The summed E-state index contributed by atoms with van der Waals surface area (Å²) in [6.07, 6.45) is 2.73. The van der Waals surface area contributed by atoms with Gasteiger partial charge in [0.05, 0.1) is 10.6 Å². The van der Waals surface area contributed by atoms with Crippen molar-refractivity contribution in [2.45, 2.75) is 16.2 Å². The summed E-state index contributed by atoms with van der Waals surface area (Å²) in [7, 11) is 4.09. The summed E-state index contributed by atoms with van der Waals surface area (Å²) in [6, 6.07) is 11.9. The van der Waals surface area contributed by atoms with Crippen LogP contribution in [0.4, 0.5) is 16.3 Å². The smallest absolute Gasteiger partial charge is 0.291 e. The third-order valence-electron chi connectivity index (χ3n) is 3.45. The number of thioether (sulfide) groups is 1. The number of hydrogen-bond acceptors (Lipinski definition) is 5. The van der Waals surface area contributed by atoms with Crippen LogP contribution in [0.5, 0.6) is 0 Å². The number of carbonyl (C=O) groups is 1. The number of amides is 1. The van der Waals surface area contributed by atoms with E-state index in [1.165, 1.54) is 11.8 Å². The molecule has 0 aliphatic carbocycles.